The quantitative estimate of drug-likeness (QED) is 0.385. The summed E-state index contributed by atoms with van der Waals surface area (Å²) in [6.45, 7) is 0.000469. The van der Waals surface area contributed by atoms with Gasteiger partial charge < -0.3 is 10.1 Å². The number of hydrogen-bond acceptors (Lipinski definition) is 4. The summed E-state index contributed by atoms with van der Waals surface area (Å²) in [5.74, 6) is -1.23. The van der Waals surface area contributed by atoms with Crippen LogP contribution < -0.4 is 14.4 Å². The molecular formula is C27H20F2N2O4S. The summed E-state index contributed by atoms with van der Waals surface area (Å²) in [5, 5.41) is 2.67. The fourth-order valence-corrected chi connectivity index (χ4v) is 5.65. The van der Waals surface area contributed by atoms with Gasteiger partial charge in [-0.1, -0.05) is 30.3 Å². The number of carbonyl (C=O) groups excluding carboxylic acids is 1. The number of benzene rings is 4. The highest BCUT2D eigenvalue weighted by atomic mass is 32.2. The molecule has 0 aliphatic carbocycles. The molecule has 1 aliphatic rings. The molecule has 182 valence electrons. The number of fused-ring (bicyclic) bond motifs is 1. The largest absolute Gasteiger partial charge is 0.489 e. The van der Waals surface area contributed by atoms with E-state index in [4.69, 9.17) is 4.74 Å². The van der Waals surface area contributed by atoms with Crippen molar-refractivity contribution in [3.8, 4) is 5.75 Å². The zero-order valence-electron chi connectivity index (χ0n) is 18.8. The van der Waals surface area contributed by atoms with Crippen LogP contribution in [-0.4, -0.2) is 20.9 Å². The van der Waals surface area contributed by atoms with Gasteiger partial charge in [-0.2, -0.15) is 0 Å². The molecule has 0 bridgehead atoms. The molecule has 0 radical (unpaired) electrons. The summed E-state index contributed by atoms with van der Waals surface area (Å²) >= 11 is 0. The summed E-state index contributed by atoms with van der Waals surface area (Å²) in [7, 11) is -4.12. The highest BCUT2D eigenvalue weighted by molar-refractivity contribution is 7.92. The molecule has 0 fully saturated rings. The average Bonchev–Trinajstić information content (AvgIpc) is 2.89. The number of carbonyl (C=O) groups is 1. The number of nitrogens with one attached hydrogen (secondary N) is 1. The monoisotopic (exact) mass is 506 g/mol. The first-order valence-electron chi connectivity index (χ1n) is 11.0. The fourth-order valence-electron chi connectivity index (χ4n) is 4.02. The normalized spacial score (nSPS) is 15.1. The Morgan fingerprint density at radius 3 is 2.17 bits per heavy atom. The van der Waals surface area contributed by atoms with Crippen molar-refractivity contribution in [2.75, 3.05) is 16.2 Å². The number of halogens is 2. The van der Waals surface area contributed by atoms with Gasteiger partial charge in [0.25, 0.3) is 15.9 Å². The van der Waals surface area contributed by atoms with Crippen molar-refractivity contribution in [2.24, 2.45) is 0 Å². The Bertz CT molecular complexity index is 1510. The van der Waals surface area contributed by atoms with Crippen LogP contribution in [0.25, 0.3) is 0 Å². The minimum Gasteiger partial charge on any atom is -0.489 e. The predicted molar refractivity (Wildman–Crippen MR) is 132 cm³/mol. The minimum atomic E-state index is -4.12. The van der Waals surface area contributed by atoms with Crippen molar-refractivity contribution in [1.82, 2.24) is 0 Å². The SMILES string of the molecule is O=C(Nc1ccc(F)cc1)c1ccc2c(c1)OCC(c1ccccc1)N2S(=O)(=O)c1ccc(F)cc1. The Kier molecular flexibility index (Phi) is 6.15. The molecule has 4 aromatic carbocycles. The van der Waals surface area contributed by atoms with Crippen LogP contribution in [0.15, 0.2) is 102 Å². The fraction of sp³-hybridized carbons (Fsp3) is 0.0741. The molecule has 1 heterocycles. The Morgan fingerprint density at radius 1 is 0.861 bits per heavy atom. The van der Waals surface area contributed by atoms with E-state index in [1.165, 1.54) is 58.9 Å². The first-order valence-corrected chi connectivity index (χ1v) is 12.5. The van der Waals surface area contributed by atoms with E-state index in [1.807, 2.05) is 6.07 Å². The van der Waals surface area contributed by atoms with Gasteiger partial charge in [0, 0.05) is 11.3 Å². The van der Waals surface area contributed by atoms with Crippen LogP contribution in [0.4, 0.5) is 20.2 Å². The van der Waals surface area contributed by atoms with Crippen molar-refractivity contribution in [3.05, 3.63) is 120 Å². The maximum Gasteiger partial charge on any atom is 0.265 e. The summed E-state index contributed by atoms with van der Waals surface area (Å²) in [6.07, 6.45) is 0. The number of hydrogen-bond donors (Lipinski definition) is 1. The van der Waals surface area contributed by atoms with E-state index >= 15 is 0 Å². The second kappa shape index (κ2) is 9.43. The molecule has 1 atom stereocenters. The standard InChI is InChI=1S/C27H20F2N2O4S/c28-20-7-11-22(12-8-20)30-27(32)19-6-15-24-26(16-19)35-17-25(18-4-2-1-3-5-18)31(24)36(33,34)23-13-9-21(29)10-14-23/h1-16,25H,17H2,(H,30,32). The van der Waals surface area contributed by atoms with Gasteiger partial charge in [-0.15, -0.1) is 0 Å². The van der Waals surface area contributed by atoms with Crippen molar-refractivity contribution >= 4 is 27.3 Å². The van der Waals surface area contributed by atoms with Crippen LogP contribution in [0, 0.1) is 11.6 Å². The van der Waals surface area contributed by atoms with E-state index in [1.54, 1.807) is 24.3 Å². The summed E-state index contributed by atoms with van der Waals surface area (Å²) in [4.78, 5) is 12.7. The molecule has 1 N–H and O–H groups in total. The predicted octanol–water partition coefficient (Wildman–Crippen LogP) is 5.55. The maximum atomic E-state index is 13.8. The average molecular weight is 507 g/mol. The van der Waals surface area contributed by atoms with E-state index in [0.717, 1.165) is 12.1 Å². The molecule has 0 aromatic heterocycles. The van der Waals surface area contributed by atoms with Gasteiger partial charge in [-0.25, -0.2) is 17.2 Å². The van der Waals surface area contributed by atoms with Crippen LogP contribution in [0.1, 0.15) is 22.0 Å². The highest BCUT2D eigenvalue weighted by Crippen LogP contribution is 2.43. The van der Waals surface area contributed by atoms with E-state index < -0.39 is 33.6 Å². The molecular weight excluding hydrogens is 486 g/mol. The smallest absolute Gasteiger partial charge is 0.265 e. The van der Waals surface area contributed by atoms with Crippen LogP contribution in [-0.2, 0) is 10.0 Å². The number of sulfonamides is 1. The van der Waals surface area contributed by atoms with Crippen LogP contribution in [0.3, 0.4) is 0 Å². The first kappa shape index (κ1) is 23.5. The molecule has 0 saturated carbocycles. The molecule has 9 heteroatoms. The molecule has 0 spiro atoms. The molecule has 1 aliphatic heterocycles. The van der Waals surface area contributed by atoms with E-state index in [9.17, 15) is 22.0 Å². The molecule has 1 amide bonds. The second-order valence-electron chi connectivity index (χ2n) is 8.14. The minimum absolute atomic E-state index is 0.000469. The van der Waals surface area contributed by atoms with Crippen LogP contribution in [0.5, 0.6) is 5.75 Å². The number of anilines is 2. The molecule has 0 saturated heterocycles. The lowest BCUT2D eigenvalue weighted by Crippen LogP contribution is -2.41. The zero-order valence-corrected chi connectivity index (χ0v) is 19.6. The lowest BCUT2D eigenvalue weighted by atomic mass is 10.0. The number of amides is 1. The van der Waals surface area contributed by atoms with Gasteiger partial charge >= 0.3 is 0 Å². The molecule has 5 rings (SSSR count). The zero-order chi connectivity index (χ0) is 25.3. The first-order chi connectivity index (χ1) is 17.3. The Morgan fingerprint density at radius 2 is 1.50 bits per heavy atom. The van der Waals surface area contributed by atoms with Gasteiger partial charge in [-0.05, 0) is 72.3 Å². The Balaban J connectivity index is 1.54. The van der Waals surface area contributed by atoms with Crippen molar-refractivity contribution < 1.29 is 26.7 Å². The third kappa shape index (κ3) is 4.52. The third-order valence-electron chi connectivity index (χ3n) is 5.80. The van der Waals surface area contributed by atoms with Gasteiger partial charge in [0.2, 0.25) is 0 Å². The third-order valence-corrected chi connectivity index (χ3v) is 7.63. The molecule has 1 unspecified atom stereocenters. The van der Waals surface area contributed by atoms with E-state index in [2.05, 4.69) is 5.32 Å². The van der Waals surface area contributed by atoms with Crippen LogP contribution >= 0.6 is 0 Å². The summed E-state index contributed by atoms with van der Waals surface area (Å²) < 4.78 is 61.4. The lowest BCUT2D eigenvalue weighted by molar-refractivity contribution is 0.102. The number of nitrogens with zero attached hydrogens (tertiary/aromatic N) is 1. The van der Waals surface area contributed by atoms with Crippen molar-refractivity contribution in [2.45, 2.75) is 10.9 Å². The highest BCUT2D eigenvalue weighted by Gasteiger charge is 2.38. The Labute approximate surface area is 206 Å². The van der Waals surface area contributed by atoms with E-state index in [-0.39, 0.29) is 28.5 Å². The van der Waals surface area contributed by atoms with Gasteiger partial charge in [0.15, 0.2) is 0 Å². The van der Waals surface area contributed by atoms with Crippen LogP contribution in [0.2, 0.25) is 0 Å². The number of ether oxygens (including phenoxy) is 1. The van der Waals surface area contributed by atoms with E-state index in [0.29, 0.717) is 11.3 Å². The maximum absolute atomic E-state index is 13.8. The molecule has 6 nitrogen and oxygen atoms in total. The van der Waals surface area contributed by atoms with Crippen molar-refractivity contribution in [3.63, 3.8) is 0 Å². The summed E-state index contributed by atoms with van der Waals surface area (Å²) in [6, 6.07) is 22.7. The molecule has 4 aromatic rings. The number of rotatable bonds is 5. The topological polar surface area (TPSA) is 75.7 Å². The second-order valence-corrected chi connectivity index (χ2v) is 9.95. The van der Waals surface area contributed by atoms with Gasteiger partial charge in [-0.3, -0.25) is 9.10 Å². The van der Waals surface area contributed by atoms with Gasteiger partial charge in [0.05, 0.1) is 10.6 Å². The summed E-state index contributed by atoms with van der Waals surface area (Å²) in [5.41, 5.74) is 1.60. The molecule has 36 heavy (non-hydrogen) atoms. The van der Waals surface area contributed by atoms with Gasteiger partial charge in [0.1, 0.15) is 30.0 Å². The lowest BCUT2D eigenvalue weighted by Gasteiger charge is -2.38. The van der Waals surface area contributed by atoms with Crippen molar-refractivity contribution in [1.29, 1.82) is 0 Å². The Hall–Kier alpha value is -4.24.